The fourth-order valence-corrected chi connectivity index (χ4v) is 4.82. The van der Waals surface area contributed by atoms with E-state index in [0.717, 1.165) is 50.0 Å². The number of carbonyl (C=O) groups excluding carboxylic acids is 1. The number of fused-ring (bicyclic) bond motifs is 1. The highest BCUT2D eigenvalue weighted by molar-refractivity contribution is 6.33. The summed E-state index contributed by atoms with van der Waals surface area (Å²) in [4.78, 5) is 20.7. The molecule has 1 amide bonds. The molecule has 1 saturated carbocycles. The summed E-state index contributed by atoms with van der Waals surface area (Å²) in [7, 11) is 4.18. The van der Waals surface area contributed by atoms with E-state index in [-0.39, 0.29) is 11.9 Å². The largest absolute Gasteiger partial charge is 0.372 e. The van der Waals surface area contributed by atoms with Crippen LogP contribution in [0.4, 0.5) is 11.4 Å². The fourth-order valence-electron chi connectivity index (χ4n) is 4.60. The third kappa shape index (κ3) is 4.30. The lowest BCUT2D eigenvalue weighted by Crippen LogP contribution is -2.43. The maximum absolute atomic E-state index is 12.8. The molecule has 2 aliphatic rings. The molecule has 1 aliphatic heterocycles. The topological polar surface area (TPSA) is 39.9 Å². The highest BCUT2D eigenvalue weighted by Crippen LogP contribution is 2.32. The predicted molar refractivity (Wildman–Crippen MR) is 121 cm³/mol. The fraction of sp³-hybridized carbons (Fsp3) is 0.417. The molecule has 2 aromatic rings. The molecule has 4 rings (SSSR count). The van der Waals surface area contributed by atoms with Crippen molar-refractivity contribution in [2.45, 2.75) is 50.9 Å². The smallest absolute Gasteiger partial charge is 0.251 e. The molecule has 1 aliphatic carbocycles. The molecule has 30 heavy (non-hydrogen) atoms. The summed E-state index contributed by atoms with van der Waals surface area (Å²) in [5.41, 5.74) is 4.86. The quantitative estimate of drug-likeness (QED) is 0.704. The molecule has 0 atom stereocenters. The first-order valence-electron chi connectivity index (χ1n) is 10.5. The highest BCUT2D eigenvalue weighted by Gasteiger charge is 2.26. The Hall–Kier alpha value is -2.55. The van der Waals surface area contributed by atoms with Crippen LogP contribution in [0.2, 0.25) is 5.02 Å². The van der Waals surface area contributed by atoms with Gasteiger partial charge in [0.25, 0.3) is 5.91 Å². The summed E-state index contributed by atoms with van der Waals surface area (Å²) in [6.07, 6.45) is 3.95. The molecule has 1 N–H and O–H groups in total. The zero-order chi connectivity index (χ0) is 21.3. The molecule has 0 unspecified atom stereocenters. The SMILES string of the molecule is [C-]#[N+]c1ccc(N(C)C2CCC(NC(=O)c3ccc4c(c3)CN(C)C4)CC2)cc1Cl. The predicted octanol–water partition coefficient (Wildman–Crippen LogP) is 5.01. The molecule has 1 heterocycles. The van der Waals surface area contributed by atoms with Gasteiger partial charge in [0.15, 0.2) is 0 Å². The van der Waals surface area contributed by atoms with Crippen LogP contribution in [0.25, 0.3) is 4.85 Å². The van der Waals surface area contributed by atoms with Crippen molar-refractivity contribution in [3.05, 3.63) is 69.5 Å². The monoisotopic (exact) mass is 422 g/mol. The lowest BCUT2D eigenvalue weighted by molar-refractivity contribution is 0.0925. The standard InChI is InChI=1S/C24H27ClN4O/c1-26-23-11-10-21(13-22(23)25)29(3)20-8-6-19(7-9-20)27-24(30)16-4-5-17-14-28(2)15-18(17)12-16/h4-5,10-13,19-20H,6-9,14-15H2,2-3H3,(H,27,30). The van der Waals surface area contributed by atoms with E-state index in [2.05, 4.69) is 40.1 Å². The minimum atomic E-state index is 0.0330. The van der Waals surface area contributed by atoms with Gasteiger partial charge in [-0.25, -0.2) is 4.85 Å². The van der Waals surface area contributed by atoms with Crippen LogP contribution in [0, 0.1) is 6.57 Å². The first-order valence-corrected chi connectivity index (χ1v) is 10.8. The second-order valence-electron chi connectivity index (χ2n) is 8.49. The summed E-state index contributed by atoms with van der Waals surface area (Å²) in [6, 6.07) is 12.3. The van der Waals surface area contributed by atoms with Crippen molar-refractivity contribution in [1.29, 1.82) is 0 Å². The van der Waals surface area contributed by atoms with Crippen LogP contribution in [-0.4, -0.2) is 37.0 Å². The Bertz CT molecular complexity index is 991. The maximum atomic E-state index is 12.8. The molecule has 2 aromatic carbocycles. The number of nitrogens with one attached hydrogen (secondary N) is 1. The molecule has 156 valence electrons. The number of carbonyl (C=O) groups is 1. The average Bonchev–Trinajstić information content (AvgIpc) is 3.12. The van der Waals surface area contributed by atoms with Crippen LogP contribution in [0.1, 0.15) is 47.2 Å². The molecule has 0 saturated heterocycles. The molecule has 0 spiro atoms. The van der Waals surface area contributed by atoms with E-state index < -0.39 is 0 Å². The summed E-state index contributed by atoms with van der Waals surface area (Å²) in [5, 5.41) is 3.73. The first-order chi connectivity index (χ1) is 14.4. The number of hydrogen-bond donors (Lipinski definition) is 1. The van der Waals surface area contributed by atoms with Gasteiger partial charge in [0, 0.05) is 48.5 Å². The van der Waals surface area contributed by atoms with Gasteiger partial charge < -0.3 is 10.2 Å². The van der Waals surface area contributed by atoms with E-state index in [1.165, 1.54) is 11.1 Å². The first kappa shape index (κ1) is 20.7. The van der Waals surface area contributed by atoms with E-state index in [4.69, 9.17) is 18.2 Å². The van der Waals surface area contributed by atoms with Gasteiger partial charge in [0.05, 0.1) is 6.57 Å². The number of benzene rings is 2. The Balaban J connectivity index is 1.32. The van der Waals surface area contributed by atoms with Crippen LogP contribution < -0.4 is 10.2 Å². The van der Waals surface area contributed by atoms with Crippen LogP contribution in [0.15, 0.2) is 36.4 Å². The lowest BCUT2D eigenvalue weighted by Gasteiger charge is -2.36. The van der Waals surface area contributed by atoms with Crippen LogP contribution in [0.3, 0.4) is 0 Å². The number of hydrogen-bond acceptors (Lipinski definition) is 3. The summed E-state index contributed by atoms with van der Waals surface area (Å²) in [5.74, 6) is 0.0330. The molecule has 0 bridgehead atoms. The molecule has 5 nitrogen and oxygen atoms in total. The van der Waals surface area contributed by atoms with Crippen LogP contribution in [-0.2, 0) is 13.1 Å². The van der Waals surface area contributed by atoms with Crippen molar-refractivity contribution in [2.75, 3.05) is 19.0 Å². The minimum absolute atomic E-state index is 0.0330. The Labute approximate surface area is 183 Å². The van der Waals surface area contributed by atoms with Gasteiger partial charge in [-0.15, -0.1) is 0 Å². The Morgan fingerprint density at radius 2 is 1.87 bits per heavy atom. The molecule has 0 aromatic heterocycles. The molecular formula is C24H27ClN4O. The normalized spacial score (nSPS) is 21.0. The maximum Gasteiger partial charge on any atom is 0.251 e. The zero-order valence-electron chi connectivity index (χ0n) is 17.5. The second-order valence-corrected chi connectivity index (χ2v) is 8.90. The third-order valence-electron chi connectivity index (χ3n) is 6.39. The van der Waals surface area contributed by atoms with E-state index in [9.17, 15) is 4.79 Å². The number of nitrogens with zero attached hydrogens (tertiary/aromatic N) is 3. The number of halogens is 1. The van der Waals surface area contributed by atoms with Crippen molar-refractivity contribution in [1.82, 2.24) is 10.2 Å². The Morgan fingerprint density at radius 3 is 2.57 bits per heavy atom. The van der Waals surface area contributed by atoms with Crippen molar-refractivity contribution in [3.63, 3.8) is 0 Å². The summed E-state index contributed by atoms with van der Waals surface area (Å²) >= 11 is 6.20. The van der Waals surface area contributed by atoms with Gasteiger partial charge in [0.2, 0.25) is 5.69 Å². The second kappa shape index (κ2) is 8.67. The molecule has 6 heteroatoms. The highest BCUT2D eigenvalue weighted by atomic mass is 35.5. The zero-order valence-corrected chi connectivity index (χ0v) is 18.2. The van der Waals surface area contributed by atoms with E-state index in [1.54, 1.807) is 6.07 Å². The van der Waals surface area contributed by atoms with E-state index in [1.807, 2.05) is 24.3 Å². The van der Waals surface area contributed by atoms with Gasteiger partial charge in [0.1, 0.15) is 0 Å². The Morgan fingerprint density at radius 1 is 1.13 bits per heavy atom. The lowest BCUT2D eigenvalue weighted by atomic mass is 9.90. The van der Waals surface area contributed by atoms with Crippen molar-refractivity contribution < 1.29 is 4.79 Å². The van der Waals surface area contributed by atoms with Crippen molar-refractivity contribution in [2.24, 2.45) is 0 Å². The van der Waals surface area contributed by atoms with Gasteiger partial charge in [-0.05, 0) is 68.1 Å². The molecule has 1 fully saturated rings. The minimum Gasteiger partial charge on any atom is -0.372 e. The van der Waals surface area contributed by atoms with Gasteiger partial charge >= 0.3 is 0 Å². The molecular weight excluding hydrogens is 396 g/mol. The van der Waals surface area contributed by atoms with E-state index in [0.29, 0.717) is 16.8 Å². The van der Waals surface area contributed by atoms with Crippen LogP contribution in [0.5, 0.6) is 0 Å². The number of anilines is 1. The summed E-state index contributed by atoms with van der Waals surface area (Å²) < 4.78 is 0. The van der Waals surface area contributed by atoms with Crippen LogP contribution >= 0.6 is 11.6 Å². The summed E-state index contributed by atoms with van der Waals surface area (Å²) in [6.45, 7) is 9.00. The average molecular weight is 423 g/mol. The van der Waals surface area contributed by atoms with Gasteiger partial charge in [-0.3, -0.25) is 9.69 Å². The third-order valence-corrected chi connectivity index (χ3v) is 6.69. The molecule has 0 radical (unpaired) electrons. The van der Waals surface area contributed by atoms with Crippen molar-refractivity contribution >= 4 is 28.9 Å². The van der Waals surface area contributed by atoms with Gasteiger partial charge in [-0.1, -0.05) is 23.7 Å². The van der Waals surface area contributed by atoms with Gasteiger partial charge in [-0.2, -0.15) is 0 Å². The Kier molecular flexibility index (Phi) is 5.99. The van der Waals surface area contributed by atoms with E-state index >= 15 is 0 Å². The van der Waals surface area contributed by atoms with Crippen molar-refractivity contribution in [3.8, 4) is 0 Å². The number of amides is 1. The number of rotatable bonds is 4.